The fourth-order valence-corrected chi connectivity index (χ4v) is 7.73. The van der Waals surface area contributed by atoms with Crippen LogP contribution >= 0.6 is 0 Å². The molecule has 7 aromatic rings. The zero-order valence-electron chi connectivity index (χ0n) is 28.6. The third-order valence-electron chi connectivity index (χ3n) is 10.2. The first-order chi connectivity index (χ1) is 25.2. The van der Waals surface area contributed by atoms with E-state index >= 15 is 0 Å². The molecule has 0 radical (unpaired) electrons. The summed E-state index contributed by atoms with van der Waals surface area (Å²) in [5, 5.41) is 4.96. The number of allylic oxidation sites excluding steroid dienone is 2. The smallest absolute Gasteiger partial charge is 0.159 e. The topological polar surface area (TPSA) is 28.0 Å². The van der Waals surface area contributed by atoms with Crippen molar-refractivity contribution >= 4 is 33.2 Å². The highest BCUT2D eigenvalue weighted by Crippen LogP contribution is 2.46. The summed E-state index contributed by atoms with van der Waals surface area (Å²) in [6.45, 7) is 0. The monoisotopic (exact) mass is 655 g/mol. The Kier molecular flexibility index (Phi) is 7.94. The molecule has 1 heterocycles. The van der Waals surface area contributed by atoms with Crippen molar-refractivity contribution in [2.24, 2.45) is 9.98 Å². The quantitative estimate of drug-likeness (QED) is 0.164. The number of benzene rings is 7. The van der Waals surface area contributed by atoms with Crippen molar-refractivity contribution in [2.75, 3.05) is 7.05 Å². The maximum absolute atomic E-state index is 5.25. The lowest BCUT2D eigenvalue weighted by atomic mass is 9.84. The Hall–Kier alpha value is -6.32. The van der Waals surface area contributed by atoms with E-state index in [-0.39, 0.29) is 6.17 Å². The van der Waals surface area contributed by atoms with Crippen LogP contribution in [-0.2, 0) is 0 Å². The lowest BCUT2D eigenvalue weighted by molar-refractivity contribution is 0.420. The average Bonchev–Trinajstić information content (AvgIpc) is 3.21. The minimum Gasteiger partial charge on any atom is -0.333 e. The predicted octanol–water partition coefficient (Wildman–Crippen LogP) is 11.7. The average molecular weight is 656 g/mol. The summed E-state index contributed by atoms with van der Waals surface area (Å²) < 4.78 is 0. The van der Waals surface area contributed by atoms with Gasteiger partial charge in [-0.3, -0.25) is 0 Å². The van der Waals surface area contributed by atoms with E-state index in [2.05, 4.69) is 182 Å². The van der Waals surface area contributed by atoms with E-state index < -0.39 is 0 Å². The minimum atomic E-state index is -0.136. The Bertz CT molecular complexity index is 2470. The van der Waals surface area contributed by atoms with Gasteiger partial charge in [-0.1, -0.05) is 176 Å². The first kappa shape index (κ1) is 30.7. The zero-order valence-corrected chi connectivity index (χ0v) is 28.6. The Morgan fingerprint density at radius 1 is 0.490 bits per heavy atom. The largest absolute Gasteiger partial charge is 0.333 e. The van der Waals surface area contributed by atoms with E-state index in [9.17, 15) is 0 Å². The highest BCUT2D eigenvalue weighted by Gasteiger charge is 2.28. The number of fused-ring (bicyclic) bond motifs is 2. The van der Waals surface area contributed by atoms with E-state index in [1.807, 2.05) is 6.07 Å². The summed E-state index contributed by atoms with van der Waals surface area (Å²) >= 11 is 0. The Labute approximate surface area is 299 Å². The third-order valence-corrected chi connectivity index (χ3v) is 10.2. The molecule has 3 heteroatoms. The van der Waals surface area contributed by atoms with Crippen LogP contribution in [0.5, 0.6) is 0 Å². The number of aliphatic imine (C=N–C) groups is 2. The standard InChI is InChI=1S/C48H37N3/c1-51-47(36-19-7-3-8-20-36)49-46(50-48(51)37-21-9-4-10-22-37)35-31-29-34(30-32-35)44-40-25-13-15-27-42(40)45(43-28-16-14-26-41(43)44)39-24-12-11-23-38(39)33-17-5-2-6-18-33/h2-3,5-9,11-32,48H,4,10H2,1H3. The van der Waals surface area contributed by atoms with Crippen molar-refractivity contribution in [1.82, 2.24) is 4.90 Å². The number of nitrogens with zero attached hydrogens (tertiary/aromatic N) is 3. The number of rotatable bonds is 6. The second-order valence-corrected chi connectivity index (χ2v) is 13.3. The molecule has 0 amide bonds. The molecule has 51 heavy (non-hydrogen) atoms. The predicted molar refractivity (Wildman–Crippen MR) is 215 cm³/mol. The van der Waals surface area contributed by atoms with E-state index in [0.717, 1.165) is 35.6 Å². The van der Waals surface area contributed by atoms with Gasteiger partial charge in [-0.25, -0.2) is 9.98 Å². The molecule has 1 aliphatic carbocycles. The van der Waals surface area contributed by atoms with E-state index in [1.54, 1.807) is 0 Å². The summed E-state index contributed by atoms with van der Waals surface area (Å²) in [6.07, 6.45) is 8.76. The summed E-state index contributed by atoms with van der Waals surface area (Å²) in [5.41, 5.74) is 10.7. The van der Waals surface area contributed by atoms with Gasteiger partial charge in [0, 0.05) is 18.2 Å². The molecule has 0 bridgehead atoms. The highest BCUT2D eigenvalue weighted by molar-refractivity contribution is 6.22. The van der Waals surface area contributed by atoms with E-state index in [1.165, 1.54) is 60.5 Å². The number of likely N-dealkylation sites (N-methyl/N-ethyl adjacent to an activating group) is 1. The first-order valence-electron chi connectivity index (χ1n) is 17.7. The van der Waals surface area contributed by atoms with Gasteiger partial charge in [0.15, 0.2) is 5.84 Å². The van der Waals surface area contributed by atoms with Crippen molar-refractivity contribution in [1.29, 1.82) is 0 Å². The fourth-order valence-electron chi connectivity index (χ4n) is 7.73. The first-order valence-corrected chi connectivity index (χ1v) is 17.7. The maximum Gasteiger partial charge on any atom is 0.159 e. The van der Waals surface area contributed by atoms with Gasteiger partial charge in [0.25, 0.3) is 0 Å². The molecule has 1 atom stereocenters. The molecule has 244 valence electrons. The van der Waals surface area contributed by atoms with Crippen LogP contribution in [0.15, 0.2) is 192 Å². The summed E-state index contributed by atoms with van der Waals surface area (Å²) in [6, 6.07) is 56.5. The molecular formula is C48H37N3. The number of hydrogen-bond acceptors (Lipinski definition) is 3. The van der Waals surface area contributed by atoms with Crippen LogP contribution in [0.25, 0.3) is 54.9 Å². The van der Waals surface area contributed by atoms with Crippen LogP contribution in [0.3, 0.4) is 0 Å². The van der Waals surface area contributed by atoms with Crippen LogP contribution in [0.4, 0.5) is 0 Å². The van der Waals surface area contributed by atoms with Crippen molar-refractivity contribution in [3.05, 3.63) is 193 Å². The van der Waals surface area contributed by atoms with E-state index in [0.29, 0.717) is 0 Å². The second kappa shape index (κ2) is 13.2. The molecule has 0 aromatic heterocycles. The van der Waals surface area contributed by atoms with Crippen LogP contribution in [0.2, 0.25) is 0 Å². The van der Waals surface area contributed by atoms with Crippen molar-refractivity contribution < 1.29 is 0 Å². The summed E-state index contributed by atoms with van der Waals surface area (Å²) in [5.74, 6) is 1.68. The van der Waals surface area contributed by atoms with Gasteiger partial charge in [0.05, 0.1) is 0 Å². The van der Waals surface area contributed by atoms with E-state index in [4.69, 9.17) is 9.98 Å². The Morgan fingerprint density at radius 3 is 1.63 bits per heavy atom. The summed E-state index contributed by atoms with van der Waals surface area (Å²) in [4.78, 5) is 12.6. The number of amidine groups is 2. The SMILES string of the molecule is CN1C(c2ccccc2)=NC(c2ccc(-c3c4ccccc4c(-c4ccccc4-c4ccccc4)c4ccccc34)cc2)=NC1C1=CCCC=C1. The summed E-state index contributed by atoms with van der Waals surface area (Å²) in [7, 11) is 2.10. The van der Waals surface area contributed by atoms with Gasteiger partial charge < -0.3 is 4.90 Å². The van der Waals surface area contributed by atoms with Gasteiger partial charge >= 0.3 is 0 Å². The zero-order chi connectivity index (χ0) is 34.1. The Balaban J connectivity index is 1.19. The lowest BCUT2D eigenvalue weighted by Crippen LogP contribution is -2.41. The highest BCUT2D eigenvalue weighted by atomic mass is 15.3. The molecule has 0 saturated heterocycles. The van der Waals surface area contributed by atoms with Gasteiger partial charge in [-0.15, -0.1) is 0 Å². The second-order valence-electron chi connectivity index (χ2n) is 13.3. The van der Waals surface area contributed by atoms with Gasteiger partial charge in [-0.05, 0) is 73.3 Å². The molecule has 0 N–H and O–H groups in total. The van der Waals surface area contributed by atoms with Crippen molar-refractivity contribution in [3.8, 4) is 33.4 Å². The molecule has 7 aromatic carbocycles. The normalized spacial score (nSPS) is 15.8. The van der Waals surface area contributed by atoms with Gasteiger partial charge in [0.2, 0.25) is 0 Å². The molecule has 0 fully saturated rings. The molecule has 9 rings (SSSR count). The molecule has 2 aliphatic rings. The molecule has 0 saturated carbocycles. The van der Waals surface area contributed by atoms with Crippen LogP contribution in [0.1, 0.15) is 24.0 Å². The van der Waals surface area contributed by atoms with Gasteiger partial charge in [-0.2, -0.15) is 0 Å². The lowest BCUT2D eigenvalue weighted by Gasteiger charge is -2.33. The maximum atomic E-state index is 5.25. The fraction of sp³-hybridized carbons (Fsp3) is 0.0833. The Morgan fingerprint density at radius 2 is 1.02 bits per heavy atom. The molecule has 0 spiro atoms. The molecule has 3 nitrogen and oxygen atoms in total. The van der Waals surface area contributed by atoms with Crippen LogP contribution in [-0.4, -0.2) is 29.8 Å². The third kappa shape index (κ3) is 5.57. The molecule has 1 unspecified atom stereocenters. The van der Waals surface area contributed by atoms with Gasteiger partial charge in [0.1, 0.15) is 12.0 Å². The van der Waals surface area contributed by atoms with Crippen molar-refractivity contribution in [3.63, 3.8) is 0 Å². The molecule has 1 aliphatic heterocycles. The van der Waals surface area contributed by atoms with Crippen LogP contribution in [0, 0.1) is 0 Å². The minimum absolute atomic E-state index is 0.136. The molecular weight excluding hydrogens is 619 g/mol. The number of hydrogen-bond donors (Lipinski definition) is 0. The van der Waals surface area contributed by atoms with Crippen molar-refractivity contribution in [2.45, 2.75) is 19.0 Å². The van der Waals surface area contributed by atoms with Crippen LogP contribution < -0.4 is 0 Å².